The van der Waals surface area contributed by atoms with E-state index in [-0.39, 0.29) is 5.91 Å². The molecule has 1 aromatic rings. The summed E-state index contributed by atoms with van der Waals surface area (Å²) in [5.41, 5.74) is 1.06. The van der Waals surface area contributed by atoms with Crippen LogP contribution in [0.1, 0.15) is 57.9 Å². The zero-order chi connectivity index (χ0) is 18.1. The maximum absolute atomic E-state index is 12.4. The fourth-order valence-electron chi connectivity index (χ4n) is 3.59. The normalized spacial score (nSPS) is 19.4. The van der Waals surface area contributed by atoms with Crippen molar-refractivity contribution in [2.24, 2.45) is 0 Å². The molecule has 4 nitrogen and oxygen atoms in total. The summed E-state index contributed by atoms with van der Waals surface area (Å²) in [6, 6.07) is 8.58. The van der Waals surface area contributed by atoms with E-state index in [2.05, 4.69) is 17.1 Å². The molecule has 140 valence electrons. The summed E-state index contributed by atoms with van der Waals surface area (Å²) in [6.07, 6.45) is 6.48. The second-order valence-electron chi connectivity index (χ2n) is 7.02. The van der Waals surface area contributed by atoms with Crippen molar-refractivity contribution in [3.05, 3.63) is 29.8 Å². The Bertz CT molecular complexity index is 532. The Balaban J connectivity index is 1.73. The van der Waals surface area contributed by atoms with Crippen molar-refractivity contribution in [3.8, 4) is 5.75 Å². The zero-order valence-electron chi connectivity index (χ0n) is 16.1. The number of para-hydroxylation sites is 1. The number of rotatable bonds is 9. The van der Waals surface area contributed by atoms with Crippen LogP contribution in [0.4, 0.5) is 0 Å². The molecule has 0 aromatic heterocycles. The summed E-state index contributed by atoms with van der Waals surface area (Å²) in [5, 5.41) is 3.06. The molecule has 0 aliphatic carbocycles. The molecule has 1 aliphatic rings. The number of hydrogen-bond donors (Lipinski definition) is 1. The minimum absolute atomic E-state index is 0.00330. The van der Waals surface area contributed by atoms with Crippen LogP contribution >= 0.6 is 0 Å². The Labute approximate surface area is 152 Å². The molecule has 1 heterocycles. The van der Waals surface area contributed by atoms with Crippen molar-refractivity contribution < 1.29 is 9.53 Å². The lowest BCUT2D eigenvalue weighted by Gasteiger charge is -2.35. The van der Waals surface area contributed by atoms with Crippen LogP contribution in [0.15, 0.2) is 24.3 Å². The fourth-order valence-corrected chi connectivity index (χ4v) is 3.59. The third kappa shape index (κ3) is 6.03. The zero-order valence-corrected chi connectivity index (χ0v) is 16.1. The van der Waals surface area contributed by atoms with Crippen LogP contribution in [-0.4, -0.2) is 42.6 Å². The van der Waals surface area contributed by atoms with Crippen LogP contribution in [-0.2, 0) is 4.79 Å². The smallest absolute Gasteiger partial charge is 0.261 e. The predicted octanol–water partition coefficient (Wildman–Crippen LogP) is 3.92. The van der Waals surface area contributed by atoms with Crippen molar-refractivity contribution in [1.82, 2.24) is 10.2 Å². The first kappa shape index (κ1) is 19.8. The molecule has 1 N–H and O–H groups in total. The van der Waals surface area contributed by atoms with Crippen molar-refractivity contribution >= 4 is 5.91 Å². The molecule has 0 unspecified atom stereocenters. The van der Waals surface area contributed by atoms with E-state index in [1.807, 2.05) is 38.1 Å². The van der Waals surface area contributed by atoms with Gasteiger partial charge in [-0.2, -0.15) is 0 Å². The van der Waals surface area contributed by atoms with Crippen LogP contribution in [0, 0.1) is 6.92 Å². The summed E-state index contributed by atoms with van der Waals surface area (Å²) in [7, 11) is 0. The Morgan fingerprint density at radius 3 is 2.84 bits per heavy atom. The van der Waals surface area contributed by atoms with Gasteiger partial charge in [0.05, 0.1) is 0 Å². The van der Waals surface area contributed by atoms with Gasteiger partial charge in [-0.25, -0.2) is 0 Å². The van der Waals surface area contributed by atoms with E-state index in [9.17, 15) is 4.79 Å². The molecule has 1 fully saturated rings. The Kier molecular flexibility index (Phi) is 8.26. The third-order valence-electron chi connectivity index (χ3n) is 5.17. The van der Waals surface area contributed by atoms with E-state index >= 15 is 0 Å². The number of nitrogens with zero attached hydrogens (tertiary/aromatic N) is 1. The van der Waals surface area contributed by atoms with Gasteiger partial charge in [-0.1, -0.05) is 38.5 Å². The van der Waals surface area contributed by atoms with Crippen LogP contribution in [0.3, 0.4) is 0 Å². The second-order valence-corrected chi connectivity index (χ2v) is 7.02. The van der Waals surface area contributed by atoms with Gasteiger partial charge in [0.2, 0.25) is 0 Å². The molecule has 0 bridgehead atoms. The first-order valence-electron chi connectivity index (χ1n) is 9.89. The molecule has 0 radical (unpaired) electrons. The molecular formula is C21H34N2O2. The average molecular weight is 347 g/mol. The number of amides is 1. The second kappa shape index (κ2) is 10.4. The number of ether oxygens (including phenoxy) is 1. The minimum Gasteiger partial charge on any atom is -0.480 e. The van der Waals surface area contributed by atoms with E-state index in [4.69, 9.17) is 4.74 Å². The quantitative estimate of drug-likeness (QED) is 0.689. The molecule has 1 amide bonds. The molecule has 0 spiro atoms. The Morgan fingerprint density at radius 2 is 2.12 bits per heavy atom. The van der Waals surface area contributed by atoms with E-state index in [0.29, 0.717) is 6.42 Å². The SMILES string of the molecule is CC[C@@H]1CCCCN1CCCNC(=O)[C@H](CC)Oc1ccccc1C. The molecule has 1 aromatic carbocycles. The molecule has 2 atom stereocenters. The summed E-state index contributed by atoms with van der Waals surface area (Å²) in [6.45, 7) is 9.28. The maximum Gasteiger partial charge on any atom is 0.261 e. The lowest BCUT2D eigenvalue weighted by atomic mass is 10.00. The van der Waals surface area contributed by atoms with E-state index in [1.165, 1.54) is 32.2 Å². The molecule has 1 aliphatic heterocycles. The molecule has 25 heavy (non-hydrogen) atoms. The Morgan fingerprint density at radius 1 is 1.32 bits per heavy atom. The van der Waals surface area contributed by atoms with Crippen LogP contribution in [0.5, 0.6) is 5.75 Å². The highest BCUT2D eigenvalue weighted by molar-refractivity contribution is 5.81. The number of hydrogen-bond acceptors (Lipinski definition) is 3. The summed E-state index contributed by atoms with van der Waals surface area (Å²) < 4.78 is 5.92. The number of nitrogens with one attached hydrogen (secondary N) is 1. The van der Waals surface area contributed by atoms with Crippen molar-refractivity contribution in [2.45, 2.75) is 71.4 Å². The fraction of sp³-hybridized carbons (Fsp3) is 0.667. The molecule has 0 saturated carbocycles. The molecule has 4 heteroatoms. The van der Waals surface area contributed by atoms with Crippen LogP contribution in [0.2, 0.25) is 0 Å². The van der Waals surface area contributed by atoms with E-state index in [1.54, 1.807) is 0 Å². The minimum atomic E-state index is -0.417. The number of aryl methyl sites for hydroxylation is 1. The van der Waals surface area contributed by atoms with E-state index in [0.717, 1.165) is 36.9 Å². The van der Waals surface area contributed by atoms with Gasteiger partial charge in [0.15, 0.2) is 6.10 Å². The number of carbonyl (C=O) groups is 1. The topological polar surface area (TPSA) is 41.6 Å². The average Bonchev–Trinajstić information content (AvgIpc) is 2.64. The van der Waals surface area contributed by atoms with Gasteiger partial charge >= 0.3 is 0 Å². The third-order valence-corrected chi connectivity index (χ3v) is 5.17. The molecule has 1 saturated heterocycles. The van der Waals surface area contributed by atoms with Crippen molar-refractivity contribution in [2.75, 3.05) is 19.6 Å². The highest BCUT2D eigenvalue weighted by Crippen LogP contribution is 2.20. The number of likely N-dealkylation sites (tertiary alicyclic amines) is 1. The van der Waals surface area contributed by atoms with Gasteiger partial charge in [-0.15, -0.1) is 0 Å². The summed E-state index contributed by atoms with van der Waals surface area (Å²) in [5.74, 6) is 0.792. The number of benzene rings is 1. The maximum atomic E-state index is 12.4. The number of carbonyl (C=O) groups excluding carboxylic acids is 1. The van der Waals surface area contributed by atoms with Gasteiger partial charge in [0.1, 0.15) is 5.75 Å². The van der Waals surface area contributed by atoms with Gasteiger partial charge < -0.3 is 15.0 Å². The summed E-state index contributed by atoms with van der Waals surface area (Å²) in [4.78, 5) is 15.0. The Hall–Kier alpha value is -1.55. The van der Waals surface area contributed by atoms with Crippen molar-refractivity contribution in [1.29, 1.82) is 0 Å². The highest BCUT2D eigenvalue weighted by Gasteiger charge is 2.21. The van der Waals surface area contributed by atoms with Crippen molar-refractivity contribution in [3.63, 3.8) is 0 Å². The monoisotopic (exact) mass is 346 g/mol. The summed E-state index contributed by atoms with van der Waals surface area (Å²) >= 11 is 0. The van der Waals surface area contributed by atoms with Gasteiger partial charge in [-0.3, -0.25) is 4.79 Å². The first-order chi connectivity index (χ1) is 12.2. The number of piperidine rings is 1. The highest BCUT2D eigenvalue weighted by atomic mass is 16.5. The predicted molar refractivity (Wildman–Crippen MR) is 103 cm³/mol. The molecule has 2 rings (SSSR count). The lowest BCUT2D eigenvalue weighted by Crippen LogP contribution is -2.42. The van der Waals surface area contributed by atoms with Crippen LogP contribution in [0.25, 0.3) is 0 Å². The van der Waals surface area contributed by atoms with Gasteiger partial charge in [0, 0.05) is 19.1 Å². The molecular weight excluding hydrogens is 312 g/mol. The largest absolute Gasteiger partial charge is 0.480 e. The first-order valence-corrected chi connectivity index (χ1v) is 9.89. The lowest BCUT2D eigenvalue weighted by molar-refractivity contribution is -0.128. The van der Waals surface area contributed by atoms with Gasteiger partial charge in [-0.05, 0) is 57.2 Å². The van der Waals surface area contributed by atoms with Gasteiger partial charge in [0.25, 0.3) is 5.91 Å². The van der Waals surface area contributed by atoms with E-state index < -0.39 is 6.10 Å². The standard InChI is InChI=1S/C21H34N2O2/c1-4-18-12-8-9-15-23(18)16-10-14-22-21(24)19(5-2)25-20-13-7-6-11-17(20)3/h6-7,11,13,18-19H,4-5,8-10,12,14-16H2,1-3H3,(H,22,24)/t18-,19+/m1/s1. The van der Waals surface area contributed by atoms with Crippen LogP contribution < -0.4 is 10.1 Å².